The molecule has 1 aromatic heterocycles. The zero-order valence-corrected chi connectivity index (χ0v) is 7.99. The molecule has 2 rings (SSSR count). The maximum Gasteiger partial charge on any atom is 0.0550 e. The van der Waals surface area contributed by atoms with E-state index in [0.717, 1.165) is 26.1 Å². The predicted octanol–water partition coefficient (Wildman–Crippen LogP) is 2.15. The van der Waals surface area contributed by atoms with E-state index < -0.39 is 0 Å². The Morgan fingerprint density at radius 2 is 2.54 bits per heavy atom. The molecule has 0 saturated carbocycles. The monoisotopic (exact) mass is 177 g/mol. The lowest BCUT2D eigenvalue weighted by Crippen LogP contribution is -2.01. The third-order valence-corrected chi connectivity index (χ3v) is 2.60. The number of hydrogen-bond acceptors (Lipinski definition) is 2. The van der Waals surface area contributed by atoms with E-state index in [1.165, 1.54) is 11.3 Å². The summed E-state index contributed by atoms with van der Waals surface area (Å²) in [6, 6.07) is 4.29. The molecule has 2 nitrogen and oxygen atoms in total. The zero-order chi connectivity index (χ0) is 9.10. The second-order valence-corrected chi connectivity index (χ2v) is 3.50. The smallest absolute Gasteiger partial charge is 0.0550 e. The third-order valence-electron chi connectivity index (χ3n) is 2.60. The minimum atomic E-state index is 0.534. The van der Waals surface area contributed by atoms with Crippen molar-refractivity contribution in [1.82, 2.24) is 4.98 Å². The van der Waals surface area contributed by atoms with Crippen LogP contribution in [0, 0.1) is 0 Å². The summed E-state index contributed by atoms with van der Waals surface area (Å²) in [5.41, 5.74) is 2.58. The predicted molar refractivity (Wildman–Crippen MR) is 51.8 cm³/mol. The van der Waals surface area contributed by atoms with Gasteiger partial charge in [0.25, 0.3) is 0 Å². The van der Waals surface area contributed by atoms with Crippen LogP contribution in [0.2, 0.25) is 0 Å². The third kappa shape index (κ3) is 1.89. The van der Waals surface area contributed by atoms with Crippen molar-refractivity contribution in [2.24, 2.45) is 0 Å². The molecule has 1 aliphatic heterocycles. The van der Waals surface area contributed by atoms with Gasteiger partial charge in [0, 0.05) is 24.4 Å². The minimum absolute atomic E-state index is 0.534. The maximum atomic E-state index is 5.35. The molecule has 0 bridgehead atoms. The Labute approximate surface area is 78.9 Å². The molecule has 1 aliphatic rings. The second-order valence-electron chi connectivity index (χ2n) is 3.50. The first-order valence-electron chi connectivity index (χ1n) is 4.92. The number of nitrogens with zero attached hydrogens (tertiary/aromatic N) is 1. The molecule has 0 N–H and O–H groups in total. The lowest BCUT2D eigenvalue weighted by molar-refractivity contribution is 0.193. The van der Waals surface area contributed by atoms with E-state index in [4.69, 9.17) is 4.74 Å². The topological polar surface area (TPSA) is 22.1 Å². The van der Waals surface area contributed by atoms with Gasteiger partial charge in [0.05, 0.1) is 6.61 Å². The standard InChI is InChI=1S/C11H15NO/c1-2-9-3-5-12-11(7-9)10-4-6-13-8-10/h3,5,7,10H,2,4,6,8H2,1H3/t10-/m1/s1. The van der Waals surface area contributed by atoms with E-state index in [9.17, 15) is 0 Å². The van der Waals surface area contributed by atoms with Gasteiger partial charge in [-0.25, -0.2) is 0 Å². The Morgan fingerprint density at radius 1 is 1.62 bits per heavy atom. The molecule has 1 atom stereocenters. The first kappa shape index (κ1) is 8.70. The van der Waals surface area contributed by atoms with Gasteiger partial charge in [-0.3, -0.25) is 4.98 Å². The molecule has 1 saturated heterocycles. The number of aryl methyl sites for hydroxylation is 1. The van der Waals surface area contributed by atoms with Gasteiger partial charge in [-0.05, 0) is 30.5 Å². The summed E-state index contributed by atoms with van der Waals surface area (Å²) in [4.78, 5) is 4.39. The molecule has 0 unspecified atom stereocenters. The highest BCUT2D eigenvalue weighted by molar-refractivity contribution is 5.19. The number of hydrogen-bond donors (Lipinski definition) is 0. The maximum absolute atomic E-state index is 5.35. The molecule has 2 heteroatoms. The van der Waals surface area contributed by atoms with Crippen LogP contribution in [-0.4, -0.2) is 18.2 Å². The fourth-order valence-corrected chi connectivity index (χ4v) is 1.71. The summed E-state index contributed by atoms with van der Waals surface area (Å²) in [7, 11) is 0. The van der Waals surface area contributed by atoms with Crippen molar-refractivity contribution in [2.45, 2.75) is 25.7 Å². The van der Waals surface area contributed by atoms with E-state index in [0.29, 0.717) is 5.92 Å². The molecule has 0 amide bonds. The highest BCUT2D eigenvalue weighted by atomic mass is 16.5. The Balaban J connectivity index is 2.18. The summed E-state index contributed by atoms with van der Waals surface area (Å²) in [5, 5.41) is 0. The number of aromatic nitrogens is 1. The normalized spacial score (nSPS) is 22.1. The van der Waals surface area contributed by atoms with Gasteiger partial charge < -0.3 is 4.74 Å². The average Bonchev–Trinajstić information content (AvgIpc) is 2.71. The quantitative estimate of drug-likeness (QED) is 0.690. The lowest BCUT2D eigenvalue weighted by atomic mass is 10.0. The van der Waals surface area contributed by atoms with Gasteiger partial charge in [0.1, 0.15) is 0 Å². The molecular weight excluding hydrogens is 162 g/mol. The molecule has 0 aromatic carbocycles. The minimum Gasteiger partial charge on any atom is -0.381 e. The van der Waals surface area contributed by atoms with Crippen molar-refractivity contribution in [2.75, 3.05) is 13.2 Å². The molecule has 2 heterocycles. The highest BCUT2D eigenvalue weighted by Gasteiger charge is 2.18. The first-order chi connectivity index (χ1) is 6.40. The fraction of sp³-hybridized carbons (Fsp3) is 0.545. The van der Waals surface area contributed by atoms with Crippen molar-refractivity contribution < 1.29 is 4.74 Å². The van der Waals surface area contributed by atoms with E-state index in [2.05, 4.69) is 24.0 Å². The van der Waals surface area contributed by atoms with Crippen molar-refractivity contribution >= 4 is 0 Å². The summed E-state index contributed by atoms with van der Waals surface area (Å²) >= 11 is 0. The van der Waals surface area contributed by atoms with Crippen molar-refractivity contribution in [3.63, 3.8) is 0 Å². The van der Waals surface area contributed by atoms with E-state index >= 15 is 0 Å². The molecule has 0 spiro atoms. The van der Waals surface area contributed by atoms with Crippen LogP contribution in [0.4, 0.5) is 0 Å². The summed E-state index contributed by atoms with van der Waals surface area (Å²) < 4.78 is 5.35. The van der Waals surface area contributed by atoms with Crippen LogP contribution in [0.15, 0.2) is 18.3 Å². The molecule has 0 aliphatic carbocycles. The van der Waals surface area contributed by atoms with E-state index in [1.54, 1.807) is 0 Å². The SMILES string of the molecule is CCc1ccnc([C@@H]2CCOC2)c1. The molecule has 1 fully saturated rings. The largest absolute Gasteiger partial charge is 0.381 e. The van der Waals surface area contributed by atoms with Gasteiger partial charge in [-0.15, -0.1) is 0 Å². The lowest BCUT2D eigenvalue weighted by Gasteiger charge is -2.07. The van der Waals surface area contributed by atoms with Crippen LogP contribution in [0.3, 0.4) is 0 Å². The van der Waals surface area contributed by atoms with Crippen LogP contribution in [0.5, 0.6) is 0 Å². The fourth-order valence-electron chi connectivity index (χ4n) is 1.71. The van der Waals surface area contributed by atoms with E-state index in [1.807, 2.05) is 6.20 Å². The van der Waals surface area contributed by atoms with Crippen LogP contribution in [0.25, 0.3) is 0 Å². The molecular formula is C11H15NO. The molecule has 0 radical (unpaired) electrons. The molecule has 13 heavy (non-hydrogen) atoms. The van der Waals surface area contributed by atoms with E-state index in [-0.39, 0.29) is 0 Å². The van der Waals surface area contributed by atoms with Crippen molar-refractivity contribution in [1.29, 1.82) is 0 Å². The van der Waals surface area contributed by atoms with Gasteiger partial charge in [0.2, 0.25) is 0 Å². The molecule has 70 valence electrons. The summed E-state index contributed by atoms with van der Waals surface area (Å²) in [5.74, 6) is 0.534. The Kier molecular flexibility index (Phi) is 2.60. The number of ether oxygens (including phenoxy) is 1. The molecule has 1 aromatic rings. The Morgan fingerprint density at radius 3 is 3.23 bits per heavy atom. The van der Waals surface area contributed by atoms with Crippen LogP contribution < -0.4 is 0 Å². The van der Waals surface area contributed by atoms with Crippen LogP contribution in [0.1, 0.15) is 30.5 Å². The highest BCUT2D eigenvalue weighted by Crippen LogP contribution is 2.23. The number of rotatable bonds is 2. The van der Waals surface area contributed by atoms with Crippen LogP contribution >= 0.6 is 0 Å². The van der Waals surface area contributed by atoms with Gasteiger partial charge in [-0.1, -0.05) is 6.92 Å². The van der Waals surface area contributed by atoms with Gasteiger partial charge in [-0.2, -0.15) is 0 Å². The Hall–Kier alpha value is -0.890. The van der Waals surface area contributed by atoms with Gasteiger partial charge >= 0.3 is 0 Å². The second kappa shape index (κ2) is 3.88. The number of pyridine rings is 1. The van der Waals surface area contributed by atoms with Crippen molar-refractivity contribution in [3.8, 4) is 0 Å². The van der Waals surface area contributed by atoms with Gasteiger partial charge in [0.15, 0.2) is 0 Å². The summed E-state index contributed by atoms with van der Waals surface area (Å²) in [6.07, 6.45) is 4.12. The van der Waals surface area contributed by atoms with Crippen LogP contribution in [-0.2, 0) is 11.2 Å². The zero-order valence-electron chi connectivity index (χ0n) is 7.99. The summed E-state index contributed by atoms with van der Waals surface area (Å²) in [6.45, 7) is 3.91. The Bertz CT molecular complexity index is 279. The first-order valence-corrected chi connectivity index (χ1v) is 4.92. The average molecular weight is 177 g/mol. The van der Waals surface area contributed by atoms with Crippen molar-refractivity contribution in [3.05, 3.63) is 29.6 Å².